The van der Waals surface area contributed by atoms with Gasteiger partial charge in [0, 0.05) is 35.1 Å². The van der Waals surface area contributed by atoms with Gasteiger partial charge in [-0.25, -0.2) is 9.97 Å². The molecule has 226 valence electrons. The molecule has 1 saturated heterocycles. The van der Waals surface area contributed by atoms with Gasteiger partial charge in [0.05, 0.1) is 20.0 Å². The van der Waals surface area contributed by atoms with Crippen molar-refractivity contribution in [3.8, 4) is 22.6 Å². The maximum absolute atomic E-state index is 13.0. The molecule has 1 saturated carbocycles. The zero-order chi connectivity index (χ0) is 28.6. The number of carbonyl (C=O) groups is 1. The number of nitrogens with zero attached hydrogens (tertiary/aromatic N) is 3. The maximum atomic E-state index is 13.0. The van der Waals surface area contributed by atoms with Crippen LogP contribution in [-0.2, 0) is 11.2 Å². The van der Waals surface area contributed by atoms with Crippen LogP contribution in [0.3, 0.4) is 0 Å². The first-order valence-corrected chi connectivity index (χ1v) is 15.8. The number of carbonyl (C=O) groups excluding carboxylic acids is 1. The molecular formula is C32H40Cl2N4O3S. The van der Waals surface area contributed by atoms with Crippen molar-refractivity contribution in [2.24, 2.45) is 5.92 Å². The van der Waals surface area contributed by atoms with Crippen molar-refractivity contribution >= 4 is 41.7 Å². The van der Waals surface area contributed by atoms with Crippen LogP contribution in [0.5, 0.6) is 11.5 Å². The van der Waals surface area contributed by atoms with Gasteiger partial charge in [0.2, 0.25) is 5.91 Å². The van der Waals surface area contributed by atoms with Crippen molar-refractivity contribution in [1.29, 1.82) is 0 Å². The largest absolute Gasteiger partial charge is 0.493 e. The molecule has 1 aliphatic carbocycles. The Hall–Kier alpha value is -2.52. The van der Waals surface area contributed by atoms with Crippen LogP contribution >= 0.6 is 35.8 Å². The minimum absolute atomic E-state index is 0. The summed E-state index contributed by atoms with van der Waals surface area (Å²) in [6.07, 6.45) is 11.7. The molecular weight excluding hydrogens is 591 g/mol. The van der Waals surface area contributed by atoms with Crippen LogP contribution in [0.2, 0.25) is 5.02 Å². The van der Waals surface area contributed by atoms with Gasteiger partial charge in [-0.15, -0.1) is 12.4 Å². The van der Waals surface area contributed by atoms with Gasteiger partial charge in [-0.1, -0.05) is 54.4 Å². The van der Waals surface area contributed by atoms with Crippen LogP contribution in [-0.4, -0.2) is 65.9 Å². The number of nitrogens with one attached hydrogen (secondary N) is 1. The topological polar surface area (TPSA) is 76.6 Å². The number of hydrogen-bond acceptors (Lipinski definition) is 7. The summed E-state index contributed by atoms with van der Waals surface area (Å²) in [7, 11) is 3.23. The minimum Gasteiger partial charge on any atom is -0.493 e. The average molecular weight is 632 g/mol. The van der Waals surface area contributed by atoms with E-state index in [1.807, 2.05) is 30.3 Å². The molecule has 2 atom stereocenters. The second-order valence-corrected chi connectivity index (χ2v) is 12.3. The van der Waals surface area contributed by atoms with Crippen molar-refractivity contribution in [3.05, 3.63) is 65.4 Å². The number of benzene rings is 2. The number of thioether (sulfide) groups is 1. The number of halogens is 2. The number of likely N-dealkylation sites (tertiary alicyclic amines) is 1. The summed E-state index contributed by atoms with van der Waals surface area (Å²) in [6.45, 7) is 2.20. The highest BCUT2D eigenvalue weighted by Crippen LogP contribution is 2.32. The minimum atomic E-state index is 0. The lowest BCUT2D eigenvalue weighted by Gasteiger charge is -2.43. The third-order valence-electron chi connectivity index (χ3n) is 8.31. The summed E-state index contributed by atoms with van der Waals surface area (Å²) in [4.78, 5) is 24.6. The summed E-state index contributed by atoms with van der Waals surface area (Å²) in [5.41, 5.74) is 3.18. The van der Waals surface area contributed by atoms with Crippen LogP contribution in [0.4, 0.5) is 0 Å². The lowest BCUT2D eigenvalue weighted by molar-refractivity contribution is -0.120. The van der Waals surface area contributed by atoms with Crippen molar-refractivity contribution in [2.45, 2.75) is 62.2 Å². The smallest absolute Gasteiger partial charge is 0.230 e. The van der Waals surface area contributed by atoms with Crippen LogP contribution in [0.15, 0.2) is 60.0 Å². The molecule has 1 N–H and O–H groups in total. The molecule has 1 aromatic heterocycles. The number of rotatable bonds is 10. The molecule has 1 aliphatic heterocycles. The molecule has 0 bridgehead atoms. The van der Waals surface area contributed by atoms with Crippen molar-refractivity contribution < 1.29 is 14.3 Å². The Bertz CT molecular complexity index is 1290. The summed E-state index contributed by atoms with van der Waals surface area (Å²) < 4.78 is 10.7. The summed E-state index contributed by atoms with van der Waals surface area (Å²) >= 11 is 7.43. The van der Waals surface area contributed by atoms with Gasteiger partial charge < -0.3 is 14.8 Å². The predicted octanol–water partition coefficient (Wildman–Crippen LogP) is 6.71. The fourth-order valence-electron chi connectivity index (χ4n) is 6.09. The average Bonchev–Trinajstić information content (AvgIpc) is 3.02. The van der Waals surface area contributed by atoms with Crippen molar-refractivity contribution in [1.82, 2.24) is 20.2 Å². The highest BCUT2D eigenvalue weighted by Gasteiger charge is 2.33. The van der Waals surface area contributed by atoms with Crippen molar-refractivity contribution in [3.63, 3.8) is 0 Å². The fourth-order valence-corrected chi connectivity index (χ4v) is 6.82. The fraction of sp³-hybridized carbons (Fsp3) is 0.469. The second-order valence-electron chi connectivity index (χ2n) is 10.9. The normalized spacial score (nSPS) is 19.5. The lowest BCUT2D eigenvalue weighted by Crippen LogP contribution is -2.55. The van der Waals surface area contributed by atoms with Gasteiger partial charge >= 0.3 is 0 Å². The van der Waals surface area contributed by atoms with Gasteiger partial charge in [-0.2, -0.15) is 0 Å². The second kappa shape index (κ2) is 15.8. The van der Waals surface area contributed by atoms with Gasteiger partial charge in [-0.3, -0.25) is 9.69 Å². The SMILES string of the molecule is COc1ccc(-c2cnc(SCC(=O)NC3CCCCC3N3CCC(Cc4ccc(Cl)cc4)CC3)nc2)cc1OC.Cl. The highest BCUT2D eigenvalue weighted by atomic mass is 35.5. The van der Waals surface area contributed by atoms with Gasteiger partial charge in [0.25, 0.3) is 0 Å². The Morgan fingerprint density at radius 3 is 2.33 bits per heavy atom. The Labute approximate surface area is 264 Å². The molecule has 0 radical (unpaired) electrons. The maximum Gasteiger partial charge on any atom is 0.230 e. The number of aromatic nitrogens is 2. The van der Waals surface area contributed by atoms with E-state index in [4.69, 9.17) is 21.1 Å². The third kappa shape index (κ3) is 8.53. The molecule has 10 heteroatoms. The van der Waals surface area contributed by atoms with E-state index in [-0.39, 0.29) is 24.4 Å². The first-order chi connectivity index (χ1) is 20.0. The number of hydrogen-bond donors (Lipinski definition) is 1. The molecule has 2 fully saturated rings. The monoisotopic (exact) mass is 630 g/mol. The number of amides is 1. The Balaban J connectivity index is 0.00000405. The number of piperidine rings is 1. The number of methoxy groups -OCH3 is 2. The predicted molar refractivity (Wildman–Crippen MR) is 172 cm³/mol. The summed E-state index contributed by atoms with van der Waals surface area (Å²) in [5, 5.41) is 4.74. The Kier molecular flexibility index (Phi) is 12.2. The van der Waals surface area contributed by atoms with E-state index in [0.29, 0.717) is 34.4 Å². The first-order valence-electron chi connectivity index (χ1n) is 14.5. The molecule has 2 aliphatic rings. The lowest BCUT2D eigenvalue weighted by atomic mass is 9.85. The van der Waals surface area contributed by atoms with Gasteiger partial charge in [0.1, 0.15) is 0 Å². The molecule has 1 amide bonds. The molecule has 42 heavy (non-hydrogen) atoms. The van der Waals surface area contributed by atoms with E-state index in [9.17, 15) is 4.79 Å². The molecule has 2 heterocycles. The zero-order valence-corrected chi connectivity index (χ0v) is 26.6. The molecule has 3 aromatic rings. The molecule has 2 unspecified atom stereocenters. The summed E-state index contributed by atoms with van der Waals surface area (Å²) in [6, 6.07) is 14.6. The Morgan fingerprint density at radius 1 is 0.952 bits per heavy atom. The molecule has 2 aromatic carbocycles. The number of ether oxygens (including phenoxy) is 2. The van der Waals surface area contributed by atoms with Gasteiger partial charge in [-0.05, 0) is 86.5 Å². The van der Waals surface area contributed by atoms with Crippen LogP contribution in [0.1, 0.15) is 44.1 Å². The van der Waals surface area contributed by atoms with E-state index in [2.05, 4.69) is 32.3 Å². The highest BCUT2D eigenvalue weighted by molar-refractivity contribution is 7.99. The van der Waals surface area contributed by atoms with E-state index in [1.54, 1.807) is 26.6 Å². The van der Waals surface area contributed by atoms with Crippen LogP contribution in [0.25, 0.3) is 11.1 Å². The quantitative estimate of drug-likeness (QED) is 0.197. The summed E-state index contributed by atoms with van der Waals surface area (Å²) in [5.74, 6) is 2.40. The molecule has 5 rings (SSSR count). The van der Waals surface area contributed by atoms with E-state index < -0.39 is 0 Å². The van der Waals surface area contributed by atoms with Crippen LogP contribution < -0.4 is 14.8 Å². The third-order valence-corrected chi connectivity index (χ3v) is 9.44. The van der Waals surface area contributed by atoms with E-state index in [1.165, 1.54) is 43.0 Å². The van der Waals surface area contributed by atoms with Gasteiger partial charge in [0.15, 0.2) is 16.7 Å². The first kappa shape index (κ1) is 32.4. The molecule has 0 spiro atoms. The van der Waals surface area contributed by atoms with Crippen LogP contribution in [0, 0.1) is 5.92 Å². The zero-order valence-electron chi connectivity index (χ0n) is 24.3. The Morgan fingerprint density at radius 2 is 1.64 bits per heavy atom. The van der Waals surface area contributed by atoms with Crippen molar-refractivity contribution in [2.75, 3.05) is 33.1 Å². The standard InChI is InChI=1S/C32H39ClN4O3S.ClH/c1-39-29-12-9-24(18-30(29)40-2)25-19-34-32(35-20-25)41-21-31(38)36-27-5-3-4-6-28(27)37-15-13-23(14-16-37)17-22-7-10-26(33)11-8-22;/h7-12,18-20,23,27-28H,3-6,13-17,21H2,1-2H3,(H,36,38);1H. The van der Waals surface area contributed by atoms with E-state index >= 15 is 0 Å². The van der Waals surface area contributed by atoms with E-state index in [0.717, 1.165) is 48.5 Å². The molecule has 7 nitrogen and oxygen atoms in total.